The Balaban J connectivity index is 1.71. The quantitative estimate of drug-likeness (QED) is 0.828. The number of benzene rings is 1. The summed E-state index contributed by atoms with van der Waals surface area (Å²) in [6, 6.07) is 6.37. The second-order valence-electron chi connectivity index (χ2n) is 5.36. The van der Waals surface area contributed by atoms with Crippen LogP contribution in [0.4, 0.5) is 4.79 Å². The number of nitrogens with zero attached hydrogens (tertiary/aromatic N) is 2. The zero-order valence-electron chi connectivity index (χ0n) is 12.8. The summed E-state index contributed by atoms with van der Waals surface area (Å²) in [5.74, 6) is -0.681. The Kier molecular flexibility index (Phi) is 4.86. The largest absolute Gasteiger partial charge is 0.508 e. The molecule has 0 spiro atoms. The summed E-state index contributed by atoms with van der Waals surface area (Å²) in [7, 11) is 0. The van der Waals surface area contributed by atoms with Crippen LogP contribution < -0.4 is 0 Å². The van der Waals surface area contributed by atoms with Crippen molar-refractivity contribution in [1.29, 1.82) is 0 Å². The number of thioether (sulfide) groups is 1. The van der Waals surface area contributed by atoms with E-state index in [0.717, 1.165) is 16.7 Å². The van der Waals surface area contributed by atoms with Gasteiger partial charge < -0.3 is 14.7 Å². The Morgan fingerprint density at radius 2 is 2.04 bits per heavy atom. The molecule has 3 amide bonds. The third kappa shape index (κ3) is 3.60. The lowest BCUT2D eigenvalue weighted by Gasteiger charge is -2.28. The van der Waals surface area contributed by atoms with Gasteiger partial charge in [0, 0.05) is 13.1 Å². The summed E-state index contributed by atoms with van der Waals surface area (Å²) >= 11 is 0.793. The fourth-order valence-corrected chi connectivity index (χ4v) is 3.29. The fourth-order valence-electron chi connectivity index (χ4n) is 2.45. The first-order chi connectivity index (χ1) is 11.5. The number of amides is 3. The summed E-state index contributed by atoms with van der Waals surface area (Å²) in [5.41, 5.74) is 0.611. The fraction of sp³-hybridized carbons (Fsp3) is 0.312. The van der Waals surface area contributed by atoms with Crippen LogP contribution >= 0.6 is 11.8 Å². The normalized spacial score (nSPS) is 20.1. The molecule has 0 aliphatic carbocycles. The summed E-state index contributed by atoms with van der Waals surface area (Å²) in [4.78, 5) is 39.4. The Labute approximate surface area is 142 Å². The van der Waals surface area contributed by atoms with Gasteiger partial charge in [-0.25, -0.2) is 0 Å². The molecular weight excluding hydrogens is 332 g/mol. The summed E-state index contributed by atoms with van der Waals surface area (Å²) in [5, 5.41) is 9.00. The smallest absolute Gasteiger partial charge is 0.294 e. The number of rotatable bonds is 3. The lowest BCUT2D eigenvalue weighted by molar-refractivity contribution is -0.139. The Bertz CT molecular complexity index is 712. The van der Waals surface area contributed by atoms with Gasteiger partial charge in [-0.15, -0.1) is 0 Å². The van der Waals surface area contributed by atoms with E-state index in [4.69, 9.17) is 4.74 Å². The summed E-state index contributed by atoms with van der Waals surface area (Å²) in [6.07, 6.45) is 1.53. The number of carbonyl (C=O) groups excluding carboxylic acids is 3. The molecule has 2 heterocycles. The van der Waals surface area contributed by atoms with Crippen molar-refractivity contribution in [2.45, 2.75) is 0 Å². The third-order valence-electron chi connectivity index (χ3n) is 3.70. The molecule has 7 nitrogen and oxygen atoms in total. The van der Waals surface area contributed by atoms with Crippen molar-refractivity contribution in [1.82, 2.24) is 9.80 Å². The molecule has 2 fully saturated rings. The molecule has 3 rings (SSSR count). The highest BCUT2D eigenvalue weighted by atomic mass is 32.2. The molecule has 1 aromatic carbocycles. The van der Waals surface area contributed by atoms with E-state index in [2.05, 4.69) is 0 Å². The minimum Gasteiger partial charge on any atom is -0.508 e. The molecule has 1 aromatic rings. The van der Waals surface area contributed by atoms with E-state index in [1.807, 2.05) is 0 Å². The van der Waals surface area contributed by atoms with E-state index in [9.17, 15) is 19.5 Å². The van der Waals surface area contributed by atoms with Crippen molar-refractivity contribution < 1.29 is 24.2 Å². The van der Waals surface area contributed by atoms with Crippen LogP contribution in [0.25, 0.3) is 6.08 Å². The molecule has 2 aliphatic rings. The van der Waals surface area contributed by atoms with Gasteiger partial charge in [-0.2, -0.15) is 0 Å². The maximum Gasteiger partial charge on any atom is 0.294 e. The third-order valence-corrected chi connectivity index (χ3v) is 4.61. The van der Waals surface area contributed by atoms with Crippen LogP contribution in [-0.4, -0.2) is 64.8 Å². The molecule has 0 unspecified atom stereocenters. The van der Waals surface area contributed by atoms with Crippen LogP contribution in [0.2, 0.25) is 0 Å². The number of phenols is 1. The minimum atomic E-state index is -0.491. The highest BCUT2D eigenvalue weighted by molar-refractivity contribution is 8.18. The number of carbonyl (C=O) groups is 3. The number of hydrogen-bond donors (Lipinski definition) is 1. The first-order valence-electron chi connectivity index (χ1n) is 7.44. The van der Waals surface area contributed by atoms with Crippen molar-refractivity contribution in [2.24, 2.45) is 0 Å². The van der Waals surface area contributed by atoms with Gasteiger partial charge in [0.2, 0.25) is 5.91 Å². The molecule has 0 atom stereocenters. The second kappa shape index (κ2) is 7.06. The monoisotopic (exact) mass is 348 g/mol. The van der Waals surface area contributed by atoms with E-state index >= 15 is 0 Å². The first kappa shape index (κ1) is 16.5. The summed E-state index contributed by atoms with van der Waals surface area (Å²) in [6.45, 7) is 1.60. The molecular formula is C16H16N2O5S. The number of ether oxygens (including phenoxy) is 1. The molecule has 126 valence electrons. The van der Waals surface area contributed by atoms with E-state index < -0.39 is 11.1 Å². The Morgan fingerprint density at radius 1 is 1.29 bits per heavy atom. The van der Waals surface area contributed by atoms with E-state index in [0.29, 0.717) is 31.9 Å². The van der Waals surface area contributed by atoms with Gasteiger partial charge in [-0.05, 0) is 35.5 Å². The molecule has 0 bridgehead atoms. The number of phenolic OH excluding ortho intramolecular Hbond substituents is 1. The van der Waals surface area contributed by atoms with Crippen molar-refractivity contribution in [2.75, 3.05) is 32.8 Å². The maximum atomic E-state index is 12.4. The first-order valence-corrected chi connectivity index (χ1v) is 8.26. The van der Waals surface area contributed by atoms with Crippen LogP contribution in [0.3, 0.4) is 0 Å². The lowest BCUT2D eigenvalue weighted by atomic mass is 10.2. The van der Waals surface area contributed by atoms with Crippen molar-refractivity contribution >= 4 is 34.9 Å². The molecule has 2 aliphatic heterocycles. The van der Waals surface area contributed by atoms with E-state index in [-0.39, 0.29) is 23.1 Å². The van der Waals surface area contributed by atoms with E-state index in [1.165, 1.54) is 18.2 Å². The van der Waals surface area contributed by atoms with Gasteiger partial charge >= 0.3 is 0 Å². The van der Waals surface area contributed by atoms with Gasteiger partial charge in [0.1, 0.15) is 12.3 Å². The number of imide groups is 1. The number of hydrogen-bond acceptors (Lipinski definition) is 6. The average molecular weight is 348 g/mol. The average Bonchev–Trinajstić information content (AvgIpc) is 2.83. The van der Waals surface area contributed by atoms with Crippen LogP contribution in [0.1, 0.15) is 5.56 Å². The van der Waals surface area contributed by atoms with Crippen LogP contribution in [-0.2, 0) is 14.3 Å². The predicted molar refractivity (Wildman–Crippen MR) is 88.2 cm³/mol. The zero-order chi connectivity index (χ0) is 17.1. The van der Waals surface area contributed by atoms with Crippen molar-refractivity contribution in [3.05, 3.63) is 34.7 Å². The predicted octanol–water partition coefficient (Wildman–Crippen LogP) is 1.29. The Hall–Kier alpha value is -2.32. The summed E-state index contributed by atoms with van der Waals surface area (Å²) < 4.78 is 5.18. The molecule has 8 heteroatoms. The topological polar surface area (TPSA) is 87.2 Å². The lowest BCUT2D eigenvalue weighted by Crippen LogP contribution is -2.46. The van der Waals surface area contributed by atoms with Gasteiger partial charge in [0.15, 0.2) is 0 Å². The number of aromatic hydroxyl groups is 1. The standard InChI is InChI=1S/C16H16N2O5S/c19-12-3-1-2-11(8-12)9-13-15(21)18(16(22)24-13)10-14(20)17-4-6-23-7-5-17/h1-3,8-9,19H,4-7,10H2/b13-9+. The maximum absolute atomic E-state index is 12.4. The van der Waals surface area contributed by atoms with Crippen molar-refractivity contribution in [3.8, 4) is 5.75 Å². The van der Waals surface area contributed by atoms with Gasteiger partial charge in [0.05, 0.1) is 18.1 Å². The highest BCUT2D eigenvalue weighted by Crippen LogP contribution is 2.32. The SMILES string of the molecule is O=C(CN1C(=O)S/C(=C/c2cccc(O)c2)C1=O)N1CCOCC1. The van der Waals surface area contributed by atoms with Crippen molar-refractivity contribution in [3.63, 3.8) is 0 Å². The highest BCUT2D eigenvalue weighted by Gasteiger charge is 2.37. The van der Waals surface area contributed by atoms with Crippen LogP contribution in [0, 0.1) is 0 Å². The molecule has 0 aromatic heterocycles. The van der Waals surface area contributed by atoms with Gasteiger partial charge in [-0.1, -0.05) is 12.1 Å². The molecule has 24 heavy (non-hydrogen) atoms. The minimum absolute atomic E-state index is 0.0745. The molecule has 1 N–H and O–H groups in total. The van der Waals surface area contributed by atoms with Crippen LogP contribution in [0.15, 0.2) is 29.2 Å². The zero-order valence-corrected chi connectivity index (χ0v) is 13.6. The molecule has 2 saturated heterocycles. The van der Waals surface area contributed by atoms with E-state index in [1.54, 1.807) is 17.0 Å². The van der Waals surface area contributed by atoms with Gasteiger partial charge in [-0.3, -0.25) is 19.3 Å². The van der Waals surface area contributed by atoms with Gasteiger partial charge in [0.25, 0.3) is 11.1 Å². The Morgan fingerprint density at radius 3 is 2.75 bits per heavy atom. The number of morpholine rings is 1. The second-order valence-corrected chi connectivity index (χ2v) is 6.35. The van der Waals surface area contributed by atoms with Crippen LogP contribution in [0.5, 0.6) is 5.75 Å². The molecule has 0 saturated carbocycles. The molecule has 0 radical (unpaired) electrons.